The number of halogens is 1. The summed E-state index contributed by atoms with van der Waals surface area (Å²) in [5.74, 6) is 0.140. The summed E-state index contributed by atoms with van der Waals surface area (Å²) in [4.78, 5) is 0. The molecule has 0 saturated heterocycles. The van der Waals surface area contributed by atoms with E-state index in [1.54, 1.807) is 13.0 Å². The van der Waals surface area contributed by atoms with Crippen molar-refractivity contribution in [2.45, 2.75) is 6.92 Å². The second kappa shape index (κ2) is 8.26. The Kier molecular flexibility index (Phi) is 6.07. The Morgan fingerprint density at radius 3 is 2.88 bits per heavy atom. The molecule has 2 aromatic rings. The van der Waals surface area contributed by atoms with Gasteiger partial charge in [-0.3, -0.25) is 9.56 Å². The molecule has 10 nitrogen and oxygen atoms in total. The predicted octanol–water partition coefficient (Wildman–Crippen LogP) is 2.44. The van der Waals surface area contributed by atoms with E-state index < -0.39 is 15.4 Å². The van der Waals surface area contributed by atoms with Crippen LogP contribution in [0, 0.1) is 26.7 Å². The molecule has 0 aliphatic rings. The summed E-state index contributed by atoms with van der Waals surface area (Å²) in [7, 11) is -2.17. The number of hydrogen-bond acceptors (Lipinski definition) is 9. The van der Waals surface area contributed by atoms with Gasteiger partial charge in [0.15, 0.2) is 5.69 Å². The number of amidine groups is 1. The van der Waals surface area contributed by atoms with Crippen LogP contribution < -0.4 is 10.6 Å². The highest BCUT2D eigenvalue weighted by molar-refractivity contribution is 7.93. The Balaban J connectivity index is 2.14. The van der Waals surface area contributed by atoms with Crippen molar-refractivity contribution in [2.75, 3.05) is 28.7 Å². The standard InChI is InChI=1S/C14H17FN8O2S/c1-2-26(17,18)6-5-19-13-12(22-25-23-13)14(21-24)20-10-3-4-11(15)9(7-10)8-16/h3-4,7,17-18,24H,2,5-6H2,1H3,(H,19,23)(H,20,21). The number of nitriles is 1. The first-order valence-electron chi connectivity index (χ1n) is 7.43. The number of nitrogens with one attached hydrogen (secondary N) is 4. The SMILES string of the molecule is CCS(=N)(=N)CCNc1nonc1C(=NO)Nc1ccc(F)c(C#N)c1. The average Bonchev–Trinajstić information content (AvgIpc) is 3.09. The molecule has 0 unspecified atom stereocenters. The predicted molar refractivity (Wildman–Crippen MR) is 94.1 cm³/mol. The number of rotatable bonds is 7. The number of aromatic nitrogens is 2. The van der Waals surface area contributed by atoms with E-state index in [2.05, 4.69) is 30.7 Å². The van der Waals surface area contributed by atoms with Gasteiger partial charge in [-0.15, -0.1) is 0 Å². The maximum absolute atomic E-state index is 13.4. The minimum Gasteiger partial charge on any atom is -0.409 e. The fourth-order valence-electron chi connectivity index (χ4n) is 1.90. The zero-order valence-corrected chi connectivity index (χ0v) is 14.6. The topological polar surface area (TPSA) is 167 Å². The smallest absolute Gasteiger partial charge is 0.203 e. The first-order valence-corrected chi connectivity index (χ1v) is 9.40. The molecular formula is C14H17FN8O2S. The molecule has 0 atom stereocenters. The molecular weight excluding hydrogens is 363 g/mol. The van der Waals surface area contributed by atoms with E-state index >= 15 is 0 Å². The molecule has 5 N–H and O–H groups in total. The molecule has 0 spiro atoms. The van der Waals surface area contributed by atoms with Crippen LogP contribution in [0.2, 0.25) is 0 Å². The first kappa shape index (κ1) is 19.1. The minimum atomic E-state index is -2.17. The van der Waals surface area contributed by atoms with Crippen molar-refractivity contribution in [1.29, 1.82) is 14.8 Å². The van der Waals surface area contributed by atoms with Crippen molar-refractivity contribution in [3.05, 3.63) is 35.3 Å². The molecule has 1 heterocycles. The summed E-state index contributed by atoms with van der Waals surface area (Å²) in [6.45, 7) is 2.09. The number of nitrogens with zero attached hydrogens (tertiary/aromatic N) is 4. The van der Waals surface area contributed by atoms with Crippen LogP contribution in [0.3, 0.4) is 0 Å². The van der Waals surface area contributed by atoms with Crippen molar-refractivity contribution in [2.24, 2.45) is 5.16 Å². The molecule has 12 heteroatoms. The molecule has 1 aromatic carbocycles. The zero-order valence-electron chi connectivity index (χ0n) is 13.8. The van der Waals surface area contributed by atoms with E-state index in [4.69, 9.17) is 14.8 Å². The van der Waals surface area contributed by atoms with Crippen molar-refractivity contribution in [3.8, 4) is 6.07 Å². The summed E-state index contributed by atoms with van der Waals surface area (Å²) in [6.07, 6.45) is 0. The van der Waals surface area contributed by atoms with Gasteiger partial charge in [0.05, 0.1) is 5.56 Å². The van der Waals surface area contributed by atoms with Gasteiger partial charge in [-0.25, -0.2) is 9.02 Å². The fraction of sp³-hybridized carbons (Fsp3) is 0.286. The van der Waals surface area contributed by atoms with Crippen molar-refractivity contribution >= 4 is 27.0 Å². The summed E-state index contributed by atoms with van der Waals surface area (Å²) >= 11 is 0. The summed E-state index contributed by atoms with van der Waals surface area (Å²) < 4.78 is 33.6. The van der Waals surface area contributed by atoms with Crippen LogP contribution in [0.1, 0.15) is 18.2 Å². The molecule has 2 rings (SSSR count). The quantitative estimate of drug-likeness (QED) is 0.213. The second-order valence-corrected chi connectivity index (χ2v) is 7.90. The maximum atomic E-state index is 13.4. The van der Waals surface area contributed by atoms with Gasteiger partial charge in [-0.1, -0.05) is 21.7 Å². The first-order chi connectivity index (χ1) is 12.4. The van der Waals surface area contributed by atoms with Crippen molar-refractivity contribution < 1.29 is 14.2 Å². The third kappa shape index (κ3) is 4.67. The van der Waals surface area contributed by atoms with E-state index in [1.165, 1.54) is 12.1 Å². The normalized spacial score (nSPS) is 11.8. The summed E-state index contributed by atoms with van der Waals surface area (Å²) in [5, 5.41) is 34.1. The Morgan fingerprint density at radius 2 is 2.23 bits per heavy atom. The molecule has 1 aromatic heterocycles. The Labute approximate surface area is 149 Å². The largest absolute Gasteiger partial charge is 0.409 e. The Morgan fingerprint density at radius 1 is 1.46 bits per heavy atom. The summed E-state index contributed by atoms with van der Waals surface area (Å²) in [5.41, 5.74) is 0.188. The lowest BCUT2D eigenvalue weighted by Gasteiger charge is -2.10. The van der Waals surface area contributed by atoms with E-state index in [-0.39, 0.29) is 22.9 Å². The number of benzene rings is 1. The molecule has 0 bridgehead atoms. The monoisotopic (exact) mass is 380 g/mol. The van der Waals surface area contributed by atoms with Crippen LogP contribution in [0.5, 0.6) is 0 Å². The average molecular weight is 380 g/mol. The van der Waals surface area contributed by atoms with Crippen LogP contribution in [0.4, 0.5) is 15.9 Å². The maximum Gasteiger partial charge on any atom is 0.203 e. The molecule has 0 aliphatic heterocycles. The molecule has 0 aliphatic carbocycles. The van der Waals surface area contributed by atoms with Gasteiger partial charge in [0, 0.05) is 23.7 Å². The van der Waals surface area contributed by atoms with E-state index in [0.717, 1.165) is 6.07 Å². The van der Waals surface area contributed by atoms with Gasteiger partial charge in [0.1, 0.15) is 11.9 Å². The van der Waals surface area contributed by atoms with Crippen LogP contribution in [0.25, 0.3) is 0 Å². The lowest BCUT2D eigenvalue weighted by molar-refractivity contribution is 0.305. The lowest BCUT2D eigenvalue weighted by atomic mass is 10.2. The van der Waals surface area contributed by atoms with Crippen LogP contribution in [0.15, 0.2) is 28.0 Å². The third-order valence-electron chi connectivity index (χ3n) is 3.40. The number of hydrogen-bond donors (Lipinski definition) is 5. The molecule has 26 heavy (non-hydrogen) atoms. The van der Waals surface area contributed by atoms with Crippen molar-refractivity contribution in [3.63, 3.8) is 0 Å². The van der Waals surface area contributed by atoms with Crippen molar-refractivity contribution in [1.82, 2.24) is 10.3 Å². The third-order valence-corrected chi connectivity index (χ3v) is 5.28. The molecule has 0 saturated carbocycles. The van der Waals surface area contributed by atoms with Crippen LogP contribution in [-0.2, 0) is 9.62 Å². The highest BCUT2D eigenvalue weighted by atomic mass is 32.2. The van der Waals surface area contributed by atoms with Gasteiger partial charge < -0.3 is 15.8 Å². The van der Waals surface area contributed by atoms with E-state index in [0.29, 0.717) is 23.7 Å². The highest BCUT2D eigenvalue weighted by Crippen LogP contribution is 2.17. The Bertz CT molecular complexity index is 948. The van der Waals surface area contributed by atoms with Gasteiger partial charge >= 0.3 is 0 Å². The minimum absolute atomic E-state index is 0.0578. The molecule has 0 amide bonds. The highest BCUT2D eigenvalue weighted by Gasteiger charge is 2.18. The molecule has 0 radical (unpaired) electrons. The van der Waals surface area contributed by atoms with E-state index in [1.807, 2.05) is 0 Å². The summed E-state index contributed by atoms with van der Waals surface area (Å²) in [6, 6.07) is 5.43. The van der Waals surface area contributed by atoms with Crippen LogP contribution in [-0.4, -0.2) is 39.4 Å². The van der Waals surface area contributed by atoms with E-state index in [9.17, 15) is 9.60 Å². The molecule has 138 valence electrons. The second-order valence-electron chi connectivity index (χ2n) is 5.14. The Hall–Kier alpha value is -3.20. The van der Waals surface area contributed by atoms with Gasteiger partial charge in [-0.2, -0.15) is 5.26 Å². The van der Waals surface area contributed by atoms with Gasteiger partial charge in [0.2, 0.25) is 11.7 Å². The van der Waals surface area contributed by atoms with Crippen LogP contribution >= 0.6 is 0 Å². The van der Waals surface area contributed by atoms with Gasteiger partial charge in [-0.05, 0) is 28.5 Å². The lowest BCUT2D eigenvalue weighted by Crippen LogP contribution is -2.19. The molecule has 0 fully saturated rings. The number of oxime groups is 1. The zero-order chi connectivity index (χ0) is 19.2. The van der Waals surface area contributed by atoms with Gasteiger partial charge in [0.25, 0.3) is 0 Å². The number of anilines is 2. The fourth-order valence-corrected chi connectivity index (χ4v) is 2.64.